The lowest BCUT2D eigenvalue weighted by atomic mass is 9.96. The van der Waals surface area contributed by atoms with Crippen molar-refractivity contribution in [1.29, 1.82) is 0 Å². The number of methoxy groups -OCH3 is 1. The highest BCUT2D eigenvalue weighted by atomic mass is 79.9. The van der Waals surface area contributed by atoms with E-state index >= 15 is 0 Å². The largest absolute Gasteiger partial charge is 0.497 e. The Hall–Kier alpha value is -12.4. The van der Waals surface area contributed by atoms with Gasteiger partial charge in [-0.05, 0) is 101 Å². The van der Waals surface area contributed by atoms with Crippen molar-refractivity contribution >= 4 is 116 Å². The number of aromatic amines is 1. The van der Waals surface area contributed by atoms with Crippen LogP contribution in [0.3, 0.4) is 0 Å². The number of halogens is 2. The average Bonchev–Trinajstić information content (AvgIpc) is 1.59. The number of imidazole rings is 5. The van der Waals surface area contributed by atoms with Crippen LogP contribution in [0.2, 0.25) is 0 Å². The Labute approximate surface area is 682 Å². The Balaban J connectivity index is 0.000000109. The molecule has 21 nitrogen and oxygen atoms in total. The third-order valence-corrected chi connectivity index (χ3v) is 24.1. The quantitative estimate of drug-likeness (QED) is 0.0626. The summed E-state index contributed by atoms with van der Waals surface area (Å²) in [5.74, 6) is 0.0413. The molecule has 5 aliphatic heterocycles. The van der Waals surface area contributed by atoms with E-state index in [0.717, 1.165) is 127 Å². The molecule has 0 spiro atoms. The van der Waals surface area contributed by atoms with Crippen LogP contribution in [-0.4, -0.2) is 92.2 Å². The predicted molar refractivity (Wildman–Crippen MR) is 464 cm³/mol. The van der Waals surface area contributed by atoms with Gasteiger partial charge in [0.1, 0.15) is 11.9 Å². The second kappa shape index (κ2) is 32.5. The fourth-order valence-electron chi connectivity index (χ4n) is 16.9. The van der Waals surface area contributed by atoms with Gasteiger partial charge in [-0.15, -0.1) is 0 Å². The van der Waals surface area contributed by atoms with Crippen molar-refractivity contribution in [1.82, 2.24) is 51.4 Å². The number of esters is 1. The van der Waals surface area contributed by atoms with Gasteiger partial charge in [-0.2, -0.15) is 0 Å². The number of allylic oxidation sites excluding steroid dienone is 2. The molecule has 0 aliphatic carbocycles. The molecule has 0 radical (unpaired) electrons. The zero-order valence-electron chi connectivity index (χ0n) is 63.8. The summed E-state index contributed by atoms with van der Waals surface area (Å²) >= 11 is 7.20. The fourth-order valence-corrected chi connectivity index (χ4v) is 18.1. The molecule has 0 saturated carbocycles. The highest BCUT2D eigenvalue weighted by molar-refractivity contribution is 9.09. The molecule has 10 heterocycles. The predicted octanol–water partition coefficient (Wildman–Crippen LogP) is 14.6. The Kier molecular flexibility index (Phi) is 21.4. The molecule has 116 heavy (non-hydrogen) atoms. The first-order chi connectivity index (χ1) is 56.5. The monoisotopic (exact) mass is 1670 g/mol. The Morgan fingerprint density at radius 1 is 0.466 bits per heavy atom. The Morgan fingerprint density at radius 3 is 1.43 bits per heavy atom. The van der Waals surface area contributed by atoms with E-state index in [9.17, 15) is 39.0 Å². The number of hydrogen-bond acceptors (Lipinski definition) is 11. The van der Waals surface area contributed by atoms with Gasteiger partial charge in [-0.25, -0.2) is 24.0 Å². The van der Waals surface area contributed by atoms with Crippen LogP contribution < -0.4 is 38.5 Å². The highest BCUT2D eigenvalue weighted by Crippen LogP contribution is 2.40. The van der Waals surface area contributed by atoms with Crippen LogP contribution in [0.15, 0.2) is 285 Å². The van der Waals surface area contributed by atoms with E-state index in [1.165, 1.54) is 0 Å². The molecule has 7 atom stereocenters. The van der Waals surface area contributed by atoms with Crippen LogP contribution in [-0.2, 0) is 68.4 Å². The standard InChI is InChI=1S/C31H27BrN2O4.C18H19N3O2.C17H15BrN2O2.C17H14N2O.C10H8N2O/c1-19(21-11-12-23-16-24(37-2)14-13-22(23)15-21)30(35)38-29-25-9-6-10-27-28(25)34(18-26(29)32)31(36)33(27)17-20-7-4-3-5-8-20;1-19-16-13-8-5-9-14-17(13)21(11-15(16)22)18(23)20(14)10-12-6-3-2-4-7-12;18-13-10-20-15-12(16(13)21)7-4-8-14(15)19(17(20)22)9-11-5-2-1-3-6-11;20-17-18-11-5-9-14-8-4-10-15(16(14)18)19(17)12-13-6-2-1-3-7-13;13-10-11-8-5-1-3-7-4-2-6-12(10)9(7)8/h3-16,19,26,29H,17-18H2,1-2H3;2-9,15-16,19,22H,10-11H2,1H3;1-8,13,16,21H,9-10H2;1-10H,11-12H2;1-5H,6H2,(H,11,13)/t19-,26?,29+;15-,16?;13?,16-;;/m110../s1. The highest BCUT2D eigenvalue weighted by Gasteiger charge is 2.37. The number of likely N-dealkylation sites (N-methyl/N-ethyl adjacent to an activating group) is 1. The third-order valence-electron chi connectivity index (χ3n) is 22.6. The summed E-state index contributed by atoms with van der Waals surface area (Å²) in [4.78, 5) is 78.9. The molecular weight excluding hydrogens is 1590 g/mol. The maximum atomic E-state index is 13.4. The van der Waals surface area contributed by atoms with Crippen molar-refractivity contribution in [2.45, 2.75) is 106 Å². The molecule has 0 bridgehead atoms. The maximum Gasteiger partial charge on any atom is 0.329 e. The summed E-state index contributed by atoms with van der Waals surface area (Å²) in [6, 6.07) is 81.1. The van der Waals surface area contributed by atoms with Gasteiger partial charge in [-0.3, -0.25) is 45.9 Å². The molecule has 16 aromatic rings. The first kappa shape index (κ1) is 76.3. The van der Waals surface area contributed by atoms with Gasteiger partial charge in [0.2, 0.25) is 0 Å². The lowest BCUT2D eigenvalue weighted by molar-refractivity contribution is -0.151. The number of aliphatic hydroxyl groups excluding tert-OH is 2. The molecule has 3 unspecified atom stereocenters. The van der Waals surface area contributed by atoms with E-state index in [2.05, 4.69) is 72.5 Å². The van der Waals surface area contributed by atoms with Crippen LogP contribution in [0, 0.1) is 0 Å². The molecule has 11 aromatic carbocycles. The number of hydrogen-bond donors (Lipinski definition) is 4. The minimum absolute atomic E-state index is 0.0215. The van der Waals surface area contributed by atoms with E-state index in [0.29, 0.717) is 58.9 Å². The van der Waals surface area contributed by atoms with Crippen molar-refractivity contribution in [3.8, 4) is 5.75 Å². The number of alkyl halides is 2. The van der Waals surface area contributed by atoms with Crippen molar-refractivity contribution in [2.75, 3.05) is 14.2 Å². The zero-order valence-corrected chi connectivity index (χ0v) is 67.0. The lowest BCUT2D eigenvalue weighted by Gasteiger charge is -2.29. The summed E-state index contributed by atoms with van der Waals surface area (Å²) in [7, 11) is 3.48. The number of benzene rings is 11. The second-order valence-electron chi connectivity index (χ2n) is 29.7. The topological polar surface area (TPSA) is 234 Å². The molecule has 584 valence electrons. The lowest BCUT2D eigenvalue weighted by Crippen LogP contribution is -2.39. The molecule has 0 saturated heterocycles. The summed E-state index contributed by atoms with van der Waals surface area (Å²) in [5, 5.41) is 26.0. The molecule has 5 aromatic heterocycles. The van der Waals surface area contributed by atoms with Gasteiger partial charge in [0.25, 0.3) is 0 Å². The van der Waals surface area contributed by atoms with Gasteiger partial charge in [0.05, 0.1) is 129 Å². The minimum Gasteiger partial charge on any atom is -0.497 e. The Morgan fingerprint density at radius 2 is 0.897 bits per heavy atom. The van der Waals surface area contributed by atoms with Crippen molar-refractivity contribution in [2.24, 2.45) is 0 Å². The maximum absolute atomic E-state index is 13.4. The molecule has 4 N–H and O–H groups in total. The van der Waals surface area contributed by atoms with Gasteiger partial charge >= 0.3 is 34.4 Å². The zero-order chi connectivity index (χ0) is 80.0. The van der Waals surface area contributed by atoms with E-state index in [1.54, 1.807) is 39.1 Å². The summed E-state index contributed by atoms with van der Waals surface area (Å²) in [6.45, 7) is 6.59. The van der Waals surface area contributed by atoms with Crippen LogP contribution in [0.25, 0.3) is 78.1 Å². The van der Waals surface area contributed by atoms with E-state index in [-0.39, 0.29) is 50.1 Å². The van der Waals surface area contributed by atoms with Gasteiger partial charge in [0, 0.05) is 48.4 Å². The molecular formula is C93H83Br2N11O10. The summed E-state index contributed by atoms with van der Waals surface area (Å²) in [5.41, 5.74) is 19.3. The number of nitrogens with zero attached hydrogens (tertiary/aromatic N) is 9. The number of aromatic nitrogens is 10. The number of aliphatic hydroxyl groups is 2. The van der Waals surface area contributed by atoms with Gasteiger partial charge in [0.15, 0.2) is 0 Å². The van der Waals surface area contributed by atoms with Gasteiger partial charge < -0.3 is 30.0 Å². The number of carbonyl (C=O) groups excluding carboxylic acids is 1. The van der Waals surface area contributed by atoms with Crippen molar-refractivity contribution in [3.05, 3.63) is 369 Å². The van der Waals surface area contributed by atoms with Crippen LogP contribution in [0.1, 0.15) is 86.7 Å². The number of rotatable bonds is 13. The molecule has 5 aliphatic rings. The van der Waals surface area contributed by atoms with Gasteiger partial charge in [-0.1, -0.05) is 262 Å². The first-order valence-corrected chi connectivity index (χ1v) is 40.5. The minimum atomic E-state index is -0.608. The van der Waals surface area contributed by atoms with Crippen LogP contribution in [0.4, 0.5) is 0 Å². The van der Waals surface area contributed by atoms with E-state index in [4.69, 9.17) is 9.47 Å². The first-order valence-electron chi connectivity index (χ1n) is 38.7. The van der Waals surface area contributed by atoms with Crippen molar-refractivity contribution < 1.29 is 24.5 Å². The molecule has 0 amide bonds. The number of fused-ring (bicyclic) bond motifs is 1. The normalized spacial score (nSPS) is 17.4. The molecule has 23 heteroatoms. The van der Waals surface area contributed by atoms with Crippen LogP contribution in [0.5, 0.6) is 5.75 Å². The van der Waals surface area contributed by atoms with E-state index < -0.39 is 24.2 Å². The Bertz CT molecular complexity index is 6810. The average molecular weight is 1670 g/mol. The summed E-state index contributed by atoms with van der Waals surface area (Å²) < 4.78 is 27.6. The number of ether oxygens (including phenoxy) is 2. The van der Waals surface area contributed by atoms with Crippen molar-refractivity contribution in [3.63, 3.8) is 0 Å². The number of carbonyl (C=O) groups is 1. The third kappa shape index (κ3) is 14.4. The summed E-state index contributed by atoms with van der Waals surface area (Å²) in [6.07, 6.45) is 6.47. The second-order valence-corrected chi connectivity index (χ2v) is 32.0. The van der Waals surface area contributed by atoms with Crippen LogP contribution >= 0.6 is 31.9 Å². The smallest absolute Gasteiger partial charge is 0.329 e. The molecule has 21 rings (SSSR count). The number of nitrogens with one attached hydrogen (secondary N) is 2. The molecule has 0 fully saturated rings. The van der Waals surface area contributed by atoms with E-state index in [1.807, 2.05) is 266 Å². The number of para-hydroxylation sites is 5. The SMILES string of the molecule is CNC1c2cccc3c2n(c(=O)n3Cc2ccccc2)C[C@H]1O.COc1ccc2cc([C@@H](C)C(=O)O[C@H]3c4cccc5c4n(c(=O)n5Cc4ccccc4)CC3Br)ccc2c1.O=c1[nH]c2cccc3c2n1CC=C3.O=c1n(Cc2ccccc2)c2cccc3c2n1CC(Br)[C@H]3O.O=c1n(Cc2ccccc2)c2cccc3c2n1CC=C3. The number of H-pyrrole nitrogens is 1. The fraction of sp³-hybridized carbons (Fsp3) is 0.204.